The lowest BCUT2D eigenvalue weighted by Gasteiger charge is -2.14. The molecule has 0 saturated carbocycles. The third-order valence-corrected chi connectivity index (χ3v) is 3.90. The zero-order valence-electron chi connectivity index (χ0n) is 13.5. The maximum atomic E-state index is 12.8. The quantitative estimate of drug-likeness (QED) is 0.583. The van der Waals surface area contributed by atoms with Crippen LogP contribution in [0, 0.1) is 5.82 Å². The first kappa shape index (κ1) is 18.9. The number of rotatable bonds is 6. The molecule has 0 aromatic heterocycles. The molecule has 1 atom stereocenters. The molecule has 1 amide bonds. The van der Waals surface area contributed by atoms with E-state index in [2.05, 4.69) is 21.2 Å². The highest BCUT2D eigenvalue weighted by Gasteiger charge is 2.11. The van der Waals surface area contributed by atoms with Gasteiger partial charge in [-0.05, 0) is 48.4 Å². The summed E-state index contributed by atoms with van der Waals surface area (Å²) in [5.74, 6) is -1.38. The van der Waals surface area contributed by atoms with Gasteiger partial charge in [0.2, 0.25) is 0 Å². The minimum atomic E-state index is -0.643. The lowest BCUT2D eigenvalue weighted by atomic mass is 10.1. The molecule has 1 N–H and O–H groups in total. The Labute approximate surface area is 153 Å². The predicted molar refractivity (Wildman–Crippen MR) is 97.1 cm³/mol. The molecule has 0 saturated heterocycles. The van der Waals surface area contributed by atoms with E-state index in [0.717, 1.165) is 10.0 Å². The van der Waals surface area contributed by atoms with Crippen LogP contribution < -0.4 is 5.32 Å². The van der Waals surface area contributed by atoms with Crippen LogP contribution in [0.2, 0.25) is 0 Å². The zero-order valence-corrected chi connectivity index (χ0v) is 15.1. The van der Waals surface area contributed by atoms with Crippen molar-refractivity contribution in [2.24, 2.45) is 0 Å². The molecule has 0 heterocycles. The van der Waals surface area contributed by atoms with Crippen molar-refractivity contribution in [1.29, 1.82) is 0 Å². The van der Waals surface area contributed by atoms with E-state index in [4.69, 9.17) is 4.74 Å². The fourth-order valence-corrected chi connectivity index (χ4v) is 2.31. The van der Waals surface area contributed by atoms with Gasteiger partial charge in [-0.25, -0.2) is 9.18 Å². The maximum absolute atomic E-state index is 12.8. The molecule has 6 heteroatoms. The Morgan fingerprint density at radius 3 is 2.44 bits per heavy atom. The molecule has 25 heavy (non-hydrogen) atoms. The third-order valence-electron chi connectivity index (χ3n) is 3.37. The van der Waals surface area contributed by atoms with Crippen molar-refractivity contribution >= 4 is 33.9 Å². The number of ether oxygens (including phenoxy) is 1. The average molecular weight is 406 g/mol. The maximum Gasteiger partial charge on any atom is 0.331 e. The number of hydrogen-bond donors (Lipinski definition) is 1. The van der Waals surface area contributed by atoms with Gasteiger partial charge in [-0.1, -0.05) is 40.2 Å². The van der Waals surface area contributed by atoms with Crippen molar-refractivity contribution < 1.29 is 18.7 Å². The molecule has 0 fully saturated rings. The first-order valence-electron chi connectivity index (χ1n) is 7.59. The van der Waals surface area contributed by atoms with Gasteiger partial charge in [0.25, 0.3) is 5.91 Å². The van der Waals surface area contributed by atoms with Gasteiger partial charge in [-0.2, -0.15) is 0 Å². The van der Waals surface area contributed by atoms with Crippen LogP contribution in [0.4, 0.5) is 4.39 Å². The van der Waals surface area contributed by atoms with Crippen LogP contribution in [-0.2, 0) is 14.3 Å². The second-order valence-corrected chi connectivity index (χ2v) is 6.25. The molecule has 2 rings (SSSR count). The van der Waals surface area contributed by atoms with Crippen LogP contribution in [0.1, 0.15) is 24.1 Å². The van der Waals surface area contributed by atoms with Gasteiger partial charge in [-0.3, -0.25) is 4.79 Å². The van der Waals surface area contributed by atoms with Crippen molar-refractivity contribution in [3.63, 3.8) is 0 Å². The van der Waals surface area contributed by atoms with Gasteiger partial charge in [0.05, 0.1) is 6.04 Å². The summed E-state index contributed by atoms with van der Waals surface area (Å²) in [5, 5.41) is 2.75. The Balaban J connectivity index is 1.77. The predicted octanol–water partition coefficient (Wildman–Crippen LogP) is 4.02. The van der Waals surface area contributed by atoms with E-state index < -0.39 is 5.97 Å². The van der Waals surface area contributed by atoms with Crippen molar-refractivity contribution in [2.45, 2.75) is 13.0 Å². The molecule has 0 unspecified atom stereocenters. The molecule has 4 nitrogen and oxygen atoms in total. The van der Waals surface area contributed by atoms with Gasteiger partial charge in [-0.15, -0.1) is 0 Å². The van der Waals surface area contributed by atoms with E-state index >= 15 is 0 Å². The van der Waals surface area contributed by atoms with Crippen LogP contribution in [0.5, 0.6) is 0 Å². The monoisotopic (exact) mass is 405 g/mol. The van der Waals surface area contributed by atoms with Gasteiger partial charge < -0.3 is 10.1 Å². The van der Waals surface area contributed by atoms with E-state index in [1.54, 1.807) is 0 Å². The number of carbonyl (C=O) groups is 2. The topological polar surface area (TPSA) is 55.4 Å². The fraction of sp³-hybridized carbons (Fsp3) is 0.158. The summed E-state index contributed by atoms with van der Waals surface area (Å²) in [7, 11) is 0. The minimum absolute atomic E-state index is 0.200. The second kappa shape index (κ2) is 9.13. The SMILES string of the molecule is C[C@@H](NC(=O)COC(=O)/C=C/c1ccc(F)cc1)c1ccc(Br)cc1. The molecule has 2 aromatic rings. The van der Waals surface area contributed by atoms with Crippen LogP contribution in [0.15, 0.2) is 59.1 Å². The third kappa shape index (κ3) is 6.51. The summed E-state index contributed by atoms with van der Waals surface area (Å²) in [6, 6.07) is 13.0. The first-order chi connectivity index (χ1) is 11.9. The molecule has 0 aliphatic heterocycles. The zero-order chi connectivity index (χ0) is 18.2. The highest BCUT2D eigenvalue weighted by Crippen LogP contribution is 2.16. The second-order valence-electron chi connectivity index (χ2n) is 5.33. The summed E-state index contributed by atoms with van der Waals surface area (Å²) in [5.41, 5.74) is 1.60. The minimum Gasteiger partial charge on any atom is -0.452 e. The number of hydrogen-bond acceptors (Lipinski definition) is 3. The van der Waals surface area contributed by atoms with Crippen LogP contribution in [0.3, 0.4) is 0 Å². The Kier molecular flexibility index (Phi) is 6.89. The summed E-state index contributed by atoms with van der Waals surface area (Å²) >= 11 is 3.35. The first-order valence-corrected chi connectivity index (χ1v) is 8.38. The van der Waals surface area contributed by atoms with E-state index in [1.165, 1.54) is 36.4 Å². The van der Waals surface area contributed by atoms with E-state index in [0.29, 0.717) is 5.56 Å². The molecule has 2 aromatic carbocycles. The van der Waals surface area contributed by atoms with Crippen LogP contribution in [-0.4, -0.2) is 18.5 Å². The normalized spacial score (nSPS) is 12.0. The Bertz CT molecular complexity index is 757. The van der Waals surface area contributed by atoms with Gasteiger partial charge in [0, 0.05) is 10.5 Å². The van der Waals surface area contributed by atoms with Gasteiger partial charge >= 0.3 is 5.97 Å². The van der Waals surface area contributed by atoms with Gasteiger partial charge in [0.15, 0.2) is 6.61 Å². The summed E-state index contributed by atoms with van der Waals surface area (Å²) in [6.45, 7) is 1.48. The molecular weight excluding hydrogens is 389 g/mol. The molecule has 0 aliphatic carbocycles. The Morgan fingerprint density at radius 2 is 1.80 bits per heavy atom. The molecule has 0 radical (unpaired) electrons. The smallest absolute Gasteiger partial charge is 0.331 e. The molecule has 0 spiro atoms. The number of halogens is 2. The number of carbonyl (C=O) groups excluding carboxylic acids is 2. The lowest BCUT2D eigenvalue weighted by Crippen LogP contribution is -2.30. The van der Waals surface area contributed by atoms with Crippen molar-refractivity contribution in [3.05, 3.63) is 76.0 Å². The standard InChI is InChI=1S/C19H17BrFNO3/c1-13(15-5-7-16(20)8-6-15)22-18(23)12-25-19(24)11-4-14-2-9-17(21)10-3-14/h2-11,13H,12H2,1H3,(H,22,23)/b11-4+/t13-/m1/s1. The molecule has 0 bridgehead atoms. The average Bonchev–Trinajstić information content (AvgIpc) is 2.60. The summed E-state index contributed by atoms with van der Waals surface area (Å²) < 4.78 is 18.6. The Morgan fingerprint density at radius 1 is 1.16 bits per heavy atom. The number of esters is 1. The molecule has 130 valence electrons. The van der Waals surface area contributed by atoms with Crippen molar-refractivity contribution in [1.82, 2.24) is 5.32 Å². The molecule has 0 aliphatic rings. The van der Waals surface area contributed by atoms with Crippen LogP contribution in [0.25, 0.3) is 6.08 Å². The highest BCUT2D eigenvalue weighted by atomic mass is 79.9. The Hall–Kier alpha value is -2.47. The van der Waals surface area contributed by atoms with E-state index in [-0.39, 0.29) is 24.4 Å². The van der Waals surface area contributed by atoms with E-state index in [9.17, 15) is 14.0 Å². The number of benzene rings is 2. The lowest BCUT2D eigenvalue weighted by molar-refractivity contribution is -0.144. The van der Waals surface area contributed by atoms with E-state index in [1.807, 2.05) is 31.2 Å². The van der Waals surface area contributed by atoms with Crippen molar-refractivity contribution in [3.8, 4) is 0 Å². The number of amides is 1. The summed E-state index contributed by atoms with van der Waals surface area (Å²) in [6.07, 6.45) is 2.68. The largest absolute Gasteiger partial charge is 0.452 e. The highest BCUT2D eigenvalue weighted by molar-refractivity contribution is 9.10. The van der Waals surface area contributed by atoms with Crippen molar-refractivity contribution in [2.75, 3.05) is 6.61 Å². The number of nitrogens with one attached hydrogen (secondary N) is 1. The van der Waals surface area contributed by atoms with Gasteiger partial charge in [0.1, 0.15) is 5.82 Å². The van der Waals surface area contributed by atoms with Crippen LogP contribution >= 0.6 is 15.9 Å². The summed E-state index contributed by atoms with van der Waals surface area (Å²) in [4.78, 5) is 23.5. The fourth-order valence-electron chi connectivity index (χ4n) is 2.04. The molecular formula is C19H17BrFNO3.